The molecule has 0 atom stereocenters. The van der Waals surface area contributed by atoms with Crippen LogP contribution >= 0.6 is 0 Å². The third-order valence-electron chi connectivity index (χ3n) is 2.25. The summed E-state index contributed by atoms with van der Waals surface area (Å²) in [6.45, 7) is 8.68. The van der Waals surface area contributed by atoms with Crippen LogP contribution in [0.5, 0.6) is 0 Å². The Kier molecular flexibility index (Phi) is 4.36. The van der Waals surface area contributed by atoms with E-state index >= 15 is 0 Å². The molecule has 0 unspecified atom stereocenters. The minimum Gasteiger partial charge on any atom is -0.416 e. The summed E-state index contributed by atoms with van der Waals surface area (Å²) >= 11 is 0. The highest BCUT2D eigenvalue weighted by molar-refractivity contribution is 6.47. The van der Waals surface area contributed by atoms with E-state index in [1.807, 2.05) is 0 Å². The summed E-state index contributed by atoms with van der Waals surface area (Å²) in [6.07, 6.45) is 0.363. The molecule has 1 aromatic carbocycles. The molecule has 0 radical (unpaired) electrons. The Labute approximate surface area is 89.4 Å². The summed E-state index contributed by atoms with van der Waals surface area (Å²) in [6, 6.07) is 8.65. The Morgan fingerprint density at radius 1 is 1.07 bits per heavy atom. The van der Waals surface area contributed by atoms with Gasteiger partial charge in [0.25, 0.3) is 0 Å². The Balaban J connectivity index is 2.74. The quantitative estimate of drug-likeness (QED) is 0.687. The molecule has 0 spiro atoms. The van der Waals surface area contributed by atoms with Crippen LogP contribution in [0.4, 0.5) is 0 Å². The fourth-order valence-electron chi connectivity index (χ4n) is 1.49. The molecule has 0 bridgehead atoms. The lowest BCUT2D eigenvalue weighted by molar-refractivity contribution is 0.260. The van der Waals surface area contributed by atoms with Crippen LogP contribution in [0.2, 0.25) is 0 Å². The molecule has 0 saturated carbocycles. The number of rotatable bonds is 4. The molecule has 0 amide bonds. The van der Waals surface area contributed by atoms with Gasteiger partial charge in [0.15, 0.2) is 9.76 Å². The molecule has 1 nitrogen and oxygen atoms in total. The molecule has 78 valence electrons. The zero-order chi connectivity index (χ0) is 10.6. The van der Waals surface area contributed by atoms with E-state index in [9.17, 15) is 0 Å². The summed E-state index contributed by atoms with van der Waals surface area (Å²) < 4.78 is 5.76. The minimum absolute atomic E-state index is 0.363. The second-order valence-corrected chi connectivity index (χ2v) is 5.60. The van der Waals surface area contributed by atoms with Crippen molar-refractivity contribution < 1.29 is 4.43 Å². The molecule has 0 aromatic heterocycles. The molecule has 0 aliphatic rings. The first kappa shape index (κ1) is 11.5. The third-order valence-corrected chi connectivity index (χ3v) is 4.04. The molecular weight excluding hydrogens is 188 g/mol. The van der Waals surface area contributed by atoms with Crippen LogP contribution in [-0.4, -0.2) is 15.9 Å². The van der Waals surface area contributed by atoms with Gasteiger partial charge in [-0.05, 0) is 30.5 Å². The van der Waals surface area contributed by atoms with E-state index in [0.717, 1.165) is 0 Å². The van der Waals surface area contributed by atoms with Gasteiger partial charge in [0.2, 0.25) is 0 Å². The lowest BCUT2D eigenvalue weighted by Gasteiger charge is -2.13. The smallest absolute Gasteiger partial charge is 0.192 e. The van der Waals surface area contributed by atoms with Crippen molar-refractivity contribution in [3.05, 3.63) is 29.8 Å². The SMILES string of the molecule is CC(C)O[SiH2]c1ccccc1C(C)C. The van der Waals surface area contributed by atoms with Crippen LogP contribution < -0.4 is 5.19 Å². The Morgan fingerprint density at radius 2 is 1.71 bits per heavy atom. The van der Waals surface area contributed by atoms with E-state index in [-0.39, 0.29) is 0 Å². The van der Waals surface area contributed by atoms with Crippen LogP contribution in [0.15, 0.2) is 24.3 Å². The summed E-state index contributed by atoms with van der Waals surface area (Å²) in [5.41, 5.74) is 1.46. The van der Waals surface area contributed by atoms with Crippen molar-refractivity contribution in [3.63, 3.8) is 0 Å². The van der Waals surface area contributed by atoms with Crippen LogP contribution in [0.1, 0.15) is 39.2 Å². The van der Waals surface area contributed by atoms with Gasteiger partial charge in [-0.25, -0.2) is 0 Å². The molecule has 0 N–H and O–H groups in total. The maximum Gasteiger partial charge on any atom is 0.192 e. The first-order chi connectivity index (χ1) is 6.61. The van der Waals surface area contributed by atoms with Crippen molar-refractivity contribution in [2.24, 2.45) is 0 Å². The van der Waals surface area contributed by atoms with Crippen LogP contribution in [0.3, 0.4) is 0 Å². The van der Waals surface area contributed by atoms with Gasteiger partial charge in [0, 0.05) is 6.10 Å². The molecule has 0 aliphatic heterocycles. The monoisotopic (exact) mass is 208 g/mol. The van der Waals surface area contributed by atoms with Gasteiger partial charge < -0.3 is 4.43 Å². The van der Waals surface area contributed by atoms with Crippen LogP contribution in [0, 0.1) is 0 Å². The Hall–Kier alpha value is -0.603. The first-order valence-electron chi connectivity index (χ1n) is 5.30. The van der Waals surface area contributed by atoms with Crippen molar-refractivity contribution in [3.8, 4) is 0 Å². The van der Waals surface area contributed by atoms with E-state index in [1.54, 1.807) is 0 Å². The zero-order valence-corrected chi connectivity index (χ0v) is 11.0. The highest BCUT2D eigenvalue weighted by Crippen LogP contribution is 2.10. The molecular formula is C12H20OSi. The van der Waals surface area contributed by atoms with E-state index in [0.29, 0.717) is 12.0 Å². The summed E-state index contributed by atoms with van der Waals surface area (Å²) in [4.78, 5) is 0. The van der Waals surface area contributed by atoms with Gasteiger partial charge in [-0.3, -0.25) is 0 Å². The van der Waals surface area contributed by atoms with E-state index in [1.165, 1.54) is 10.8 Å². The van der Waals surface area contributed by atoms with Crippen LogP contribution in [0.25, 0.3) is 0 Å². The largest absolute Gasteiger partial charge is 0.416 e. The van der Waals surface area contributed by atoms with Gasteiger partial charge in [0.05, 0.1) is 0 Å². The van der Waals surface area contributed by atoms with Gasteiger partial charge in [-0.1, -0.05) is 38.1 Å². The fraction of sp³-hybridized carbons (Fsp3) is 0.500. The molecule has 0 fully saturated rings. The van der Waals surface area contributed by atoms with Crippen molar-refractivity contribution in [1.82, 2.24) is 0 Å². The number of hydrogen-bond acceptors (Lipinski definition) is 1. The highest BCUT2D eigenvalue weighted by atomic mass is 28.2. The third kappa shape index (κ3) is 3.27. The van der Waals surface area contributed by atoms with E-state index < -0.39 is 9.76 Å². The average molecular weight is 208 g/mol. The normalized spacial score (nSPS) is 12.1. The standard InChI is InChI=1S/C12H20OSi/c1-9(2)11-7-5-6-8-12(11)14-13-10(3)4/h5-10H,14H2,1-4H3. The van der Waals surface area contributed by atoms with Gasteiger partial charge >= 0.3 is 0 Å². The van der Waals surface area contributed by atoms with Crippen molar-refractivity contribution in [1.29, 1.82) is 0 Å². The second kappa shape index (κ2) is 5.32. The van der Waals surface area contributed by atoms with E-state index in [4.69, 9.17) is 4.43 Å². The predicted octanol–water partition coefficient (Wildman–Crippen LogP) is 1.94. The molecule has 14 heavy (non-hydrogen) atoms. The van der Waals surface area contributed by atoms with Gasteiger partial charge in [-0.2, -0.15) is 0 Å². The van der Waals surface area contributed by atoms with Crippen LogP contribution in [-0.2, 0) is 4.43 Å². The highest BCUT2D eigenvalue weighted by Gasteiger charge is 2.06. The van der Waals surface area contributed by atoms with E-state index in [2.05, 4.69) is 52.0 Å². The topological polar surface area (TPSA) is 9.23 Å². The number of hydrogen-bond donors (Lipinski definition) is 0. The fourth-order valence-corrected chi connectivity index (χ4v) is 2.92. The summed E-state index contributed by atoms with van der Waals surface area (Å²) in [5, 5.41) is 1.45. The van der Waals surface area contributed by atoms with Gasteiger partial charge in [0.1, 0.15) is 0 Å². The molecule has 1 rings (SSSR count). The molecule has 0 heterocycles. The Bertz CT molecular complexity index is 281. The maximum atomic E-state index is 5.76. The van der Waals surface area contributed by atoms with Crippen molar-refractivity contribution in [2.45, 2.75) is 39.7 Å². The predicted molar refractivity (Wildman–Crippen MR) is 64.9 cm³/mol. The zero-order valence-electron chi connectivity index (χ0n) is 9.58. The second-order valence-electron chi connectivity index (χ2n) is 4.21. The molecule has 0 saturated heterocycles. The molecule has 0 aliphatic carbocycles. The van der Waals surface area contributed by atoms with Gasteiger partial charge in [-0.15, -0.1) is 0 Å². The average Bonchev–Trinajstić information content (AvgIpc) is 2.15. The lowest BCUT2D eigenvalue weighted by Crippen LogP contribution is -2.25. The maximum absolute atomic E-state index is 5.76. The molecule has 2 heteroatoms. The first-order valence-corrected chi connectivity index (χ1v) is 6.59. The minimum atomic E-state index is -0.531. The summed E-state index contributed by atoms with van der Waals surface area (Å²) in [5.74, 6) is 0.606. The summed E-state index contributed by atoms with van der Waals surface area (Å²) in [7, 11) is -0.531. The molecule has 1 aromatic rings. The van der Waals surface area contributed by atoms with Crippen molar-refractivity contribution >= 4 is 14.9 Å². The number of benzene rings is 1. The van der Waals surface area contributed by atoms with Crippen molar-refractivity contribution in [2.75, 3.05) is 0 Å². The Morgan fingerprint density at radius 3 is 2.29 bits per heavy atom. The lowest BCUT2D eigenvalue weighted by atomic mass is 10.0.